The highest BCUT2D eigenvalue weighted by Crippen LogP contribution is 2.33. The number of benzene rings is 1. The van der Waals surface area contributed by atoms with E-state index in [1.807, 2.05) is 11.4 Å². The predicted molar refractivity (Wildman–Crippen MR) is 77.1 cm³/mol. The zero-order valence-electron chi connectivity index (χ0n) is 10.2. The largest absolute Gasteiger partial charge is 0.375 e. The molecule has 1 atom stereocenters. The van der Waals surface area contributed by atoms with Crippen LogP contribution in [0.5, 0.6) is 0 Å². The number of hydrogen-bond acceptors (Lipinski definition) is 4. The smallest absolute Gasteiger partial charge is 0.307 e. The van der Waals surface area contributed by atoms with E-state index < -0.39 is 22.2 Å². The van der Waals surface area contributed by atoms with Gasteiger partial charge in [-0.15, -0.1) is 11.3 Å². The summed E-state index contributed by atoms with van der Waals surface area (Å²) in [6, 6.07) is 2.95. The molecule has 2 aromatic rings. The maximum atomic E-state index is 13.7. The van der Waals surface area contributed by atoms with E-state index in [0.717, 1.165) is 15.4 Å². The number of nitrogens with zero attached hydrogens (tertiary/aromatic N) is 1. The fraction of sp³-hybridized carbons (Fsp3) is 0.167. The number of nitro benzene ring substituents is 1. The van der Waals surface area contributed by atoms with E-state index in [9.17, 15) is 18.9 Å². The van der Waals surface area contributed by atoms with Gasteiger partial charge in [-0.25, -0.2) is 4.39 Å². The minimum Gasteiger partial charge on any atom is -0.375 e. The lowest BCUT2D eigenvalue weighted by Crippen LogP contribution is -2.08. The van der Waals surface area contributed by atoms with Crippen molar-refractivity contribution in [1.82, 2.24) is 0 Å². The summed E-state index contributed by atoms with van der Waals surface area (Å²) in [5.41, 5.74) is -0.864. The van der Waals surface area contributed by atoms with Crippen LogP contribution in [-0.4, -0.2) is 4.92 Å². The molecule has 0 aliphatic rings. The maximum Gasteiger partial charge on any atom is 0.307 e. The number of rotatable bonds is 4. The first-order chi connectivity index (χ1) is 9.40. The molecule has 1 unspecified atom stereocenters. The van der Waals surface area contributed by atoms with Gasteiger partial charge in [0, 0.05) is 21.5 Å². The molecular weight excluding hydrogens is 354 g/mol. The van der Waals surface area contributed by atoms with Crippen molar-refractivity contribution >= 4 is 38.6 Å². The summed E-state index contributed by atoms with van der Waals surface area (Å²) < 4.78 is 27.8. The van der Waals surface area contributed by atoms with Gasteiger partial charge in [-0.2, -0.15) is 4.39 Å². The molecule has 1 aromatic heterocycles. The molecule has 1 N–H and O–H groups in total. The number of nitro groups is 1. The van der Waals surface area contributed by atoms with Gasteiger partial charge in [0.25, 0.3) is 0 Å². The van der Waals surface area contributed by atoms with Crippen LogP contribution in [0.4, 0.5) is 20.2 Å². The third kappa shape index (κ3) is 2.96. The van der Waals surface area contributed by atoms with E-state index in [1.165, 1.54) is 11.3 Å². The molecule has 2 rings (SSSR count). The Labute approximate surface area is 125 Å². The molecule has 0 saturated carbocycles. The van der Waals surface area contributed by atoms with Gasteiger partial charge in [-0.05, 0) is 34.3 Å². The minimum atomic E-state index is -1.19. The normalized spacial score (nSPS) is 12.2. The second-order valence-corrected chi connectivity index (χ2v) is 5.84. The van der Waals surface area contributed by atoms with Gasteiger partial charge < -0.3 is 5.32 Å². The Hall–Kier alpha value is -1.54. The first-order valence-electron chi connectivity index (χ1n) is 5.53. The lowest BCUT2D eigenvalue weighted by molar-refractivity contribution is -0.387. The Morgan fingerprint density at radius 3 is 2.65 bits per heavy atom. The van der Waals surface area contributed by atoms with Crippen LogP contribution < -0.4 is 5.32 Å². The first-order valence-corrected chi connectivity index (χ1v) is 7.20. The summed E-state index contributed by atoms with van der Waals surface area (Å²) in [5, 5.41) is 15.3. The average molecular weight is 363 g/mol. The van der Waals surface area contributed by atoms with Gasteiger partial charge in [0.1, 0.15) is 5.82 Å². The van der Waals surface area contributed by atoms with Crippen molar-refractivity contribution in [3.05, 3.63) is 54.7 Å². The third-order valence-corrected chi connectivity index (χ3v) is 4.70. The van der Waals surface area contributed by atoms with Crippen LogP contribution in [-0.2, 0) is 0 Å². The average Bonchev–Trinajstić information content (AvgIpc) is 2.78. The zero-order chi connectivity index (χ0) is 14.9. The fourth-order valence-corrected chi connectivity index (χ4v) is 3.43. The Balaban J connectivity index is 2.32. The molecule has 0 amide bonds. The number of hydrogen-bond donors (Lipinski definition) is 1. The summed E-state index contributed by atoms with van der Waals surface area (Å²) in [6.45, 7) is 1.78. The summed E-state index contributed by atoms with van der Waals surface area (Å²) in [4.78, 5) is 10.7. The van der Waals surface area contributed by atoms with Crippen molar-refractivity contribution in [1.29, 1.82) is 0 Å². The second-order valence-electron chi connectivity index (χ2n) is 4.04. The van der Waals surface area contributed by atoms with Crippen LogP contribution in [0.3, 0.4) is 0 Å². The van der Waals surface area contributed by atoms with E-state index in [0.29, 0.717) is 6.07 Å². The van der Waals surface area contributed by atoms with Crippen LogP contribution in [0.2, 0.25) is 0 Å². The number of thiophene rings is 1. The molecule has 4 nitrogen and oxygen atoms in total. The molecule has 1 aromatic carbocycles. The third-order valence-electron chi connectivity index (χ3n) is 2.64. The summed E-state index contributed by atoms with van der Waals surface area (Å²) in [7, 11) is 0. The molecule has 106 valence electrons. The number of anilines is 1. The highest BCUT2D eigenvalue weighted by molar-refractivity contribution is 9.10. The lowest BCUT2D eigenvalue weighted by Gasteiger charge is -2.15. The molecule has 0 saturated heterocycles. The molecule has 0 aliphatic heterocycles. The Kier molecular flexibility index (Phi) is 4.34. The Bertz CT molecular complexity index is 663. The van der Waals surface area contributed by atoms with Gasteiger partial charge >= 0.3 is 5.69 Å². The molecule has 0 radical (unpaired) electrons. The van der Waals surface area contributed by atoms with Crippen LogP contribution in [0, 0.1) is 21.7 Å². The molecule has 20 heavy (non-hydrogen) atoms. The van der Waals surface area contributed by atoms with E-state index in [2.05, 4.69) is 21.2 Å². The number of halogens is 3. The van der Waals surface area contributed by atoms with Crippen LogP contribution in [0.25, 0.3) is 0 Å². The van der Waals surface area contributed by atoms with Crippen molar-refractivity contribution in [3.8, 4) is 0 Å². The first kappa shape index (κ1) is 14.9. The fourth-order valence-electron chi connectivity index (χ4n) is 1.70. The van der Waals surface area contributed by atoms with Crippen molar-refractivity contribution in [2.24, 2.45) is 0 Å². The highest BCUT2D eigenvalue weighted by atomic mass is 79.9. The van der Waals surface area contributed by atoms with Crippen molar-refractivity contribution < 1.29 is 13.7 Å². The highest BCUT2D eigenvalue weighted by Gasteiger charge is 2.20. The molecule has 0 bridgehead atoms. The Morgan fingerprint density at radius 2 is 2.10 bits per heavy atom. The zero-order valence-corrected chi connectivity index (χ0v) is 12.6. The minimum absolute atomic E-state index is 0.106. The SMILES string of the molecule is CC(Nc1cc([N+](=O)[O-])c(F)cc1F)c1sccc1Br. The molecule has 0 fully saturated rings. The van der Waals surface area contributed by atoms with Gasteiger partial charge in [0.2, 0.25) is 5.82 Å². The maximum absolute atomic E-state index is 13.7. The lowest BCUT2D eigenvalue weighted by atomic mass is 10.2. The van der Waals surface area contributed by atoms with Gasteiger partial charge in [-0.1, -0.05) is 0 Å². The van der Waals surface area contributed by atoms with Crippen molar-refractivity contribution in [2.75, 3.05) is 5.32 Å². The van der Waals surface area contributed by atoms with Crippen molar-refractivity contribution in [2.45, 2.75) is 13.0 Å². The summed E-state index contributed by atoms with van der Waals surface area (Å²) in [5.74, 6) is -2.06. The second kappa shape index (κ2) is 5.84. The van der Waals surface area contributed by atoms with Crippen LogP contribution in [0.15, 0.2) is 28.1 Å². The number of nitrogens with one attached hydrogen (secondary N) is 1. The van der Waals surface area contributed by atoms with Crippen molar-refractivity contribution in [3.63, 3.8) is 0 Å². The van der Waals surface area contributed by atoms with E-state index in [-0.39, 0.29) is 11.7 Å². The topological polar surface area (TPSA) is 55.2 Å². The predicted octanol–water partition coefficient (Wildman–Crippen LogP) is 4.87. The van der Waals surface area contributed by atoms with Gasteiger partial charge in [0.15, 0.2) is 0 Å². The van der Waals surface area contributed by atoms with Crippen LogP contribution in [0.1, 0.15) is 17.8 Å². The summed E-state index contributed by atoms with van der Waals surface area (Å²) in [6.07, 6.45) is 0. The quantitative estimate of drug-likeness (QED) is 0.623. The molecular formula is C12H9BrF2N2O2S. The van der Waals surface area contributed by atoms with Gasteiger partial charge in [0.05, 0.1) is 16.7 Å². The van der Waals surface area contributed by atoms with E-state index >= 15 is 0 Å². The van der Waals surface area contributed by atoms with E-state index in [4.69, 9.17) is 0 Å². The molecule has 1 heterocycles. The standard InChI is InChI=1S/C12H9BrF2N2O2S/c1-6(12-7(13)2-3-20-12)16-10-5-11(17(18)19)9(15)4-8(10)14/h2-6,16H,1H3. The molecule has 0 aliphatic carbocycles. The van der Waals surface area contributed by atoms with E-state index in [1.54, 1.807) is 6.92 Å². The molecule has 8 heteroatoms. The van der Waals surface area contributed by atoms with Crippen LogP contribution >= 0.6 is 27.3 Å². The summed E-state index contributed by atoms with van der Waals surface area (Å²) >= 11 is 4.81. The molecule has 0 spiro atoms. The van der Waals surface area contributed by atoms with Gasteiger partial charge in [-0.3, -0.25) is 10.1 Å². The Morgan fingerprint density at radius 1 is 1.40 bits per heavy atom. The monoisotopic (exact) mass is 362 g/mol.